The van der Waals surface area contributed by atoms with Crippen LogP contribution in [0.2, 0.25) is 5.02 Å². The molecule has 5 nitrogen and oxygen atoms in total. The zero-order chi connectivity index (χ0) is 22.8. The van der Waals surface area contributed by atoms with Gasteiger partial charge >= 0.3 is 6.18 Å². The summed E-state index contributed by atoms with van der Waals surface area (Å²) < 4.78 is 38.8. The molecule has 162 valence electrons. The van der Waals surface area contributed by atoms with Gasteiger partial charge in [0.1, 0.15) is 5.82 Å². The molecule has 0 saturated heterocycles. The topological polar surface area (TPSA) is 66.1 Å². The van der Waals surface area contributed by atoms with Gasteiger partial charge in [0, 0.05) is 17.1 Å². The Hall–Kier alpha value is -3.13. The second kappa shape index (κ2) is 8.93. The maximum atomic E-state index is 12.9. The summed E-state index contributed by atoms with van der Waals surface area (Å²) >= 11 is 5.98. The van der Waals surface area contributed by atoms with Crippen LogP contribution in [0, 0.1) is 0 Å². The Morgan fingerprint density at radius 2 is 1.94 bits per heavy atom. The third kappa shape index (κ3) is 5.32. The van der Waals surface area contributed by atoms with E-state index in [0.717, 1.165) is 24.3 Å². The van der Waals surface area contributed by atoms with Crippen LogP contribution in [0.25, 0.3) is 17.0 Å². The summed E-state index contributed by atoms with van der Waals surface area (Å²) in [7, 11) is 0. The van der Waals surface area contributed by atoms with Crippen LogP contribution >= 0.6 is 11.6 Å². The van der Waals surface area contributed by atoms with Crippen molar-refractivity contribution in [2.45, 2.75) is 32.6 Å². The predicted molar refractivity (Wildman–Crippen MR) is 114 cm³/mol. The average Bonchev–Trinajstić information content (AvgIpc) is 2.70. The number of H-pyrrole nitrogens is 1. The number of nitrogens with one attached hydrogen (secondary N) is 1. The molecule has 3 rings (SSSR count). The maximum absolute atomic E-state index is 12.9. The predicted octanol–water partition coefficient (Wildman–Crippen LogP) is 5.05. The maximum Gasteiger partial charge on any atom is 0.416 e. The van der Waals surface area contributed by atoms with Crippen LogP contribution in [-0.4, -0.2) is 26.8 Å². The number of para-hydroxylation sites is 1. The van der Waals surface area contributed by atoms with Gasteiger partial charge in [-0.1, -0.05) is 23.7 Å². The first-order chi connectivity index (χ1) is 14.6. The van der Waals surface area contributed by atoms with Crippen LogP contribution < -0.4 is 5.56 Å². The fourth-order valence-electron chi connectivity index (χ4n) is 2.99. The van der Waals surface area contributed by atoms with Crippen molar-refractivity contribution in [2.75, 3.05) is 0 Å². The Balaban J connectivity index is 1.86. The highest BCUT2D eigenvalue weighted by molar-refractivity contribution is 6.32. The molecule has 0 unspecified atom stereocenters. The van der Waals surface area contributed by atoms with E-state index in [9.17, 15) is 22.8 Å². The third-order valence-corrected chi connectivity index (χ3v) is 4.96. The Morgan fingerprint density at radius 3 is 2.61 bits per heavy atom. The van der Waals surface area contributed by atoms with E-state index in [0.29, 0.717) is 16.7 Å². The second-order valence-corrected chi connectivity index (χ2v) is 7.56. The van der Waals surface area contributed by atoms with Crippen molar-refractivity contribution in [3.8, 4) is 0 Å². The van der Waals surface area contributed by atoms with Gasteiger partial charge in [0.15, 0.2) is 0 Å². The van der Waals surface area contributed by atoms with Gasteiger partial charge < -0.3 is 9.88 Å². The van der Waals surface area contributed by atoms with Crippen LogP contribution in [0.3, 0.4) is 0 Å². The van der Waals surface area contributed by atoms with E-state index in [2.05, 4.69) is 9.97 Å². The fraction of sp³-hybridized carbons (Fsp3) is 0.227. The Bertz CT molecular complexity index is 1200. The molecule has 1 amide bonds. The van der Waals surface area contributed by atoms with Gasteiger partial charge in [-0.3, -0.25) is 9.59 Å². The van der Waals surface area contributed by atoms with Crippen LogP contribution in [-0.2, 0) is 17.5 Å². The van der Waals surface area contributed by atoms with Crippen molar-refractivity contribution in [3.05, 3.63) is 80.9 Å². The van der Waals surface area contributed by atoms with Gasteiger partial charge in [0.2, 0.25) is 5.91 Å². The minimum absolute atomic E-state index is 0.0250. The van der Waals surface area contributed by atoms with Crippen molar-refractivity contribution in [1.29, 1.82) is 0 Å². The van der Waals surface area contributed by atoms with Crippen molar-refractivity contribution in [2.24, 2.45) is 0 Å². The summed E-state index contributed by atoms with van der Waals surface area (Å²) in [4.78, 5) is 33.5. The number of fused-ring (bicyclic) bond motifs is 1. The lowest BCUT2D eigenvalue weighted by Crippen LogP contribution is -2.36. The number of alkyl halides is 3. The van der Waals surface area contributed by atoms with Gasteiger partial charge in [-0.2, -0.15) is 13.2 Å². The quantitative estimate of drug-likeness (QED) is 0.554. The lowest BCUT2D eigenvalue weighted by atomic mass is 10.1. The summed E-state index contributed by atoms with van der Waals surface area (Å²) in [6.45, 7) is 3.58. The van der Waals surface area contributed by atoms with E-state index >= 15 is 0 Å². The standard InChI is InChI=1S/C22H19ClF3N3O2/c1-13(2)29(12-19-27-18-6-4-3-5-16(18)21(31)28-19)20(30)10-7-14-11-15(22(24,25)26)8-9-17(14)23/h3-11,13H,12H2,1-2H3,(H,27,28,31)/b10-7-. The van der Waals surface area contributed by atoms with Crippen molar-refractivity contribution in [3.63, 3.8) is 0 Å². The normalized spacial score (nSPS) is 12.1. The lowest BCUT2D eigenvalue weighted by Gasteiger charge is -2.25. The van der Waals surface area contributed by atoms with E-state index in [4.69, 9.17) is 11.6 Å². The number of carbonyl (C=O) groups excluding carboxylic acids is 1. The molecule has 1 aromatic heterocycles. The first-order valence-corrected chi connectivity index (χ1v) is 9.77. The molecule has 1 N–H and O–H groups in total. The SMILES string of the molecule is CC(C)N(Cc1nc2ccccc2c(=O)[nH]1)C(=O)/C=C\c1cc(C(F)(F)F)ccc1Cl. The van der Waals surface area contributed by atoms with Crippen molar-refractivity contribution < 1.29 is 18.0 Å². The number of aromatic nitrogens is 2. The molecule has 1 heterocycles. The molecule has 0 saturated carbocycles. The summed E-state index contributed by atoms with van der Waals surface area (Å²) in [6, 6.07) is 9.48. The molecule has 0 fully saturated rings. The number of rotatable bonds is 5. The number of nitrogens with zero attached hydrogens (tertiary/aromatic N) is 2. The molecule has 0 aliphatic rings. The molecule has 2 aromatic carbocycles. The van der Waals surface area contributed by atoms with Crippen molar-refractivity contribution >= 4 is 34.5 Å². The monoisotopic (exact) mass is 449 g/mol. The number of hydrogen-bond acceptors (Lipinski definition) is 3. The van der Waals surface area contributed by atoms with Gasteiger partial charge in [-0.05, 0) is 55.8 Å². The van der Waals surface area contributed by atoms with E-state index in [1.54, 1.807) is 38.1 Å². The third-order valence-electron chi connectivity index (χ3n) is 4.62. The van der Waals surface area contributed by atoms with Crippen LogP contribution in [0.1, 0.15) is 30.8 Å². The molecule has 0 bridgehead atoms. The molecule has 0 aliphatic heterocycles. The largest absolute Gasteiger partial charge is 0.416 e. The summed E-state index contributed by atoms with van der Waals surface area (Å²) in [5.41, 5.74) is -0.597. The van der Waals surface area contributed by atoms with Gasteiger partial charge in [0.05, 0.1) is 23.0 Å². The number of halogens is 4. The van der Waals surface area contributed by atoms with Crippen molar-refractivity contribution in [1.82, 2.24) is 14.9 Å². The van der Waals surface area contributed by atoms with Gasteiger partial charge in [-0.25, -0.2) is 4.98 Å². The molecule has 0 aliphatic carbocycles. The highest BCUT2D eigenvalue weighted by atomic mass is 35.5. The van der Waals surface area contributed by atoms with E-state index in [1.807, 2.05) is 0 Å². The molecular formula is C22H19ClF3N3O2. The first kappa shape index (κ1) is 22.6. The first-order valence-electron chi connectivity index (χ1n) is 9.39. The molecule has 0 radical (unpaired) electrons. The highest BCUT2D eigenvalue weighted by Gasteiger charge is 2.30. The van der Waals surface area contributed by atoms with E-state index in [-0.39, 0.29) is 28.7 Å². The van der Waals surface area contributed by atoms with E-state index < -0.39 is 17.6 Å². The highest BCUT2D eigenvalue weighted by Crippen LogP contribution is 2.32. The minimum Gasteiger partial charge on any atom is -0.329 e. The number of amides is 1. The van der Waals surface area contributed by atoms with Gasteiger partial charge in [-0.15, -0.1) is 0 Å². The smallest absolute Gasteiger partial charge is 0.329 e. The molecule has 0 spiro atoms. The van der Waals surface area contributed by atoms with Crippen LogP contribution in [0.5, 0.6) is 0 Å². The summed E-state index contributed by atoms with van der Waals surface area (Å²) in [5.74, 6) is -0.157. The number of carbonyl (C=O) groups is 1. The Kier molecular flexibility index (Phi) is 6.50. The van der Waals surface area contributed by atoms with Crippen LogP contribution in [0.15, 0.2) is 53.3 Å². The molecule has 9 heteroatoms. The van der Waals surface area contributed by atoms with E-state index in [1.165, 1.54) is 11.0 Å². The Morgan fingerprint density at radius 1 is 1.23 bits per heavy atom. The summed E-state index contributed by atoms with van der Waals surface area (Å²) in [6.07, 6.45) is -2.12. The molecule has 31 heavy (non-hydrogen) atoms. The average molecular weight is 450 g/mol. The molecule has 0 atom stereocenters. The summed E-state index contributed by atoms with van der Waals surface area (Å²) in [5, 5.41) is 0.529. The second-order valence-electron chi connectivity index (χ2n) is 7.16. The zero-order valence-corrected chi connectivity index (χ0v) is 17.5. The molecule has 3 aromatic rings. The number of hydrogen-bond donors (Lipinski definition) is 1. The Labute approximate surface area is 181 Å². The lowest BCUT2D eigenvalue weighted by molar-refractivity contribution is -0.137. The minimum atomic E-state index is -4.52. The van der Waals surface area contributed by atoms with Crippen LogP contribution in [0.4, 0.5) is 13.2 Å². The van der Waals surface area contributed by atoms with Gasteiger partial charge in [0.25, 0.3) is 5.56 Å². The zero-order valence-electron chi connectivity index (χ0n) is 16.7. The number of benzene rings is 2. The number of aromatic amines is 1. The fourth-order valence-corrected chi connectivity index (χ4v) is 3.17. The molecular weight excluding hydrogens is 431 g/mol.